The molecule has 0 spiro atoms. The number of hydrogen-bond acceptors (Lipinski definition) is 5. The maximum Gasteiger partial charge on any atom is 0.295 e. The quantitative estimate of drug-likeness (QED) is 0.437. The van der Waals surface area contributed by atoms with E-state index in [9.17, 15) is 14.7 Å². The van der Waals surface area contributed by atoms with Gasteiger partial charge in [-0.1, -0.05) is 6.42 Å². The molecule has 1 saturated heterocycles. The van der Waals surface area contributed by atoms with E-state index in [1.165, 1.54) is 19.3 Å². The highest BCUT2D eigenvalue weighted by Gasteiger charge is 2.53. The van der Waals surface area contributed by atoms with Crippen molar-refractivity contribution >= 4 is 17.4 Å². The number of hydrogen-bond donors (Lipinski definition) is 1. The number of Topliss-reactive ketones (excluding diaryl/α,β-unsaturated/α-hetero) is 1. The molecule has 3 heterocycles. The summed E-state index contributed by atoms with van der Waals surface area (Å²) in [5.74, 6) is 0.417. The Balaban J connectivity index is 1.68. The van der Waals surface area contributed by atoms with E-state index in [0.29, 0.717) is 23.1 Å². The van der Waals surface area contributed by atoms with Crippen LogP contribution in [-0.2, 0) is 23.7 Å². The van der Waals surface area contributed by atoms with Gasteiger partial charge in [0.15, 0.2) is 0 Å². The summed E-state index contributed by atoms with van der Waals surface area (Å²) in [5, 5.41) is 20.3. The number of likely N-dealkylation sites (tertiary alicyclic amines) is 1. The highest BCUT2D eigenvalue weighted by molar-refractivity contribution is 6.46. The average Bonchev–Trinajstić information content (AvgIpc) is 3.56. The van der Waals surface area contributed by atoms with Crippen LogP contribution < -0.4 is 0 Å². The zero-order valence-corrected chi connectivity index (χ0v) is 20.3. The van der Waals surface area contributed by atoms with E-state index in [1.807, 2.05) is 20.9 Å². The Kier molecular flexibility index (Phi) is 5.03. The fourth-order valence-electron chi connectivity index (χ4n) is 6.70. The lowest BCUT2D eigenvalue weighted by atomic mass is 9.82. The molecule has 3 aliphatic rings. The number of nitrogens with zero attached hydrogens (tertiary/aromatic N) is 5. The van der Waals surface area contributed by atoms with Crippen LogP contribution in [0.1, 0.15) is 66.9 Å². The van der Waals surface area contributed by atoms with Gasteiger partial charge in [-0.3, -0.25) is 19.0 Å². The molecule has 3 fully saturated rings. The minimum Gasteiger partial charge on any atom is -0.507 e. The van der Waals surface area contributed by atoms with Gasteiger partial charge in [0.25, 0.3) is 11.7 Å². The van der Waals surface area contributed by atoms with Crippen LogP contribution in [0, 0.1) is 38.5 Å². The van der Waals surface area contributed by atoms with Crippen molar-refractivity contribution in [3.8, 4) is 0 Å². The Hall–Kier alpha value is -2.90. The minimum atomic E-state index is -0.660. The lowest BCUT2D eigenvalue weighted by molar-refractivity contribution is -0.142. The third kappa shape index (κ3) is 3.09. The molecule has 2 aromatic heterocycles. The van der Waals surface area contributed by atoms with Crippen molar-refractivity contribution < 1.29 is 14.7 Å². The van der Waals surface area contributed by atoms with E-state index in [4.69, 9.17) is 0 Å². The topological polar surface area (TPSA) is 93.2 Å². The lowest BCUT2D eigenvalue weighted by Gasteiger charge is -2.37. The number of rotatable bonds is 4. The molecule has 5 rings (SSSR count). The second-order valence-electron chi connectivity index (χ2n) is 10.3. The van der Waals surface area contributed by atoms with Crippen molar-refractivity contribution in [2.45, 2.75) is 65.5 Å². The van der Waals surface area contributed by atoms with Crippen LogP contribution in [-0.4, -0.2) is 47.3 Å². The normalized spacial score (nSPS) is 29.5. The summed E-state index contributed by atoms with van der Waals surface area (Å²) < 4.78 is 3.43. The van der Waals surface area contributed by atoms with Gasteiger partial charge < -0.3 is 10.0 Å². The van der Waals surface area contributed by atoms with E-state index < -0.39 is 17.7 Å². The third-order valence-corrected chi connectivity index (χ3v) is 8.64. The van der Waals surface area contributed by atoms with Crippen molar-refractivity contribution in [2.24, 2.45) is 31.8 Å². The second-order valence-corrected chi connectivity index (χ2v) is 10.3. The third-order valence-electron chi connectivity index (χ3n) is 8.64. The van der Waals surface area contributed by atoms with Crippen LogP contribution in [0.3, 0.4) is 0 Å². The maximum absolute atomic E-state index is 13.5. The first kappa shape index (κ1) is 21.9. The molecule has 5 atom stereocenters. The van der Waals surface area contributed by atoms with Gasteiger partial charge in [0.05, 0.1) is 29.1 Å². The molecule has 1 aliphatic heterocycles. The van der Waals surface area contributed by atoms with Gasteiger partial charge in [-0.15, -0.1) is 0 Å². The summed E-state index contributed by atoms with van der Waals surface area (Å²) >= 11 is 0. The van der Waals surface area contributed by atoms with E-state index in [1.54, 1.807) is 34.4 Å². The molecule has 176 valence electrons. The van der Waals surface area contributed by atoms with Gasteiger partial charge >= 0.3 is 0 Å². The number of carbonyl (C=O) groups excluding carboxylic acids is 2. The average molecular weight is 452 g/mol. The van der Waals surface area contributed by atoms with Crippen LogP contribution in [0.15, 0.2) is 11.8 Å². The smallest absolute Gasteiger partial charge is 0.295 e. The zero-order chi connectivity index (χ0) is 23.8. The fourth-order valence-corrected chi connectivity index (χ4v) is 6.70. The number of fused-ring (bicyclic) bond motifs is 2. The zero-order valence-electron chi connectivity index (χ0n) is 20.3. The van der Waals surface area contributed by atoms with Crippen LogP contribution in [0.4, 0.5) is 0 Å². The number of aliphatic hydroxyl groups is 1. The highest BCUT2D eigenvalue weighted by Crippen LogP contribution is 2.52. The first-order valence-electron chi connectivity index (χ1n) is 11.9. The van der Waals surface area contributed by atoms with Gasteiger partial charge in [-0.05, 0) is 64.7 Å². The largest absolute Gasteiger partial charge is 0.507 e. The lowest BCUT2D eigenvalue weighted by Crippen LogP contribution is -2.43. The molecule has 2 aliphatic carbocycles. The molecule has 8 heteroatoms. The number of aromatic nitrogens is 4. The second kappa shape index (κ2) is 7.57. The van der Waals surface area contributed by atoms with Gasteiger partial charge in [0.1, 0.15) is 5.76 Å². The maximum atomic E-state index is 13.5. The first-order chi connectivity index (χ1) is 15.6. The molecule has 33 heavy (non-hydrogen) atoms. The van der Waals surface area contributed by atoms with E-state index in [0.717, 1.165) is 29.3 Å². The molecule has 2 saturated carbocycles. The molecule has 1 amide bonds. The van der Waals surface area contributed by atoms with Gasteiger partial charge in [0.2, 0.25) is 0 Å². The molecule has 1 N–H and O–H groups in total. The summed E-state index contributed by atoms with van der Waals surface area (Å²) in [6.07, 6.45) is 6.53. The standard InChI is InChI=1S/C25H33N5O3/c1-12-20(15(4)29(6)27-12)23(31)21-22(19-11-26-28(5)13(19)2)30(25(33)24(21)32)14(3)18-10-16-7-8-17(18)9-16/h11,14,16-18,22,31H,7-10H2,1-6H3/t14-,16+,17+,18-,22-/m1/s1. The van der Waals surface area contributed by atoms with Crippen molar-refractivity contribution in [3.63, 3.8) is 0 Å². The van der Waals surface area contributed by atoms with E-state index in [2.05, 4.69) is 17.1 Å². The monoisotopic (exact) mass is 451 g/mol. The molecule has 2 aromatic rings. The van der Waals surface area contributed by atoms with Crippen molar-refractivity contribution in [3.05, 3.63) is 40.0 Å². The molecular formula is C25H33N5O3. The molecular weight excluding hydrogens is 418 g/mol. The number of amides is 1. The Morgan fingerprint density at radius 1 is 1.09 bits per heavy atom. The van der Waals surface area contributed by atoms with E-state index in [-0.39, 0.29) is 17.4 Å². The summed E-state index contributed by atoms with van der Waals surface area (Å²) in [4.78, 5) is 28.7. The summed E-state index contributed by atoms with van der Waals surface area (Å²) in [7, 11) is 3.65. The Bertz CT molecular complexity index is 1190. The predicted molar refractivity (Wildman–Crippen MR) is 123 cm³/mol. The molecule has 2 bridgehead atoms. The number of aryl methyl sites for hydroxylation is 3. The molecule has 0 aromatic carbocycles. The van der Waals surface area contributed by atoms with Crippen LogP contribution in [0.25, 0.3) is 5.76 Å². The Morgan fingerprint density at radius 3 is 2.33 bits per heavy atom. The summed E-state index contributed by atoms with van der Waals surface area (Å²) in [6, 6.07) is -0.755. The summed E-state index contributed by atoms with van der Waals surface area (Å²) in [6.45, 7) is 7.68. The summed E-state index contributed by atoms with van der Waals surface area (Å²) in [5.41, 5.74) is 3.70. The first-order valence-corrected chi connectivity index (χ1v) is 11.9. The SMILES string of the molecule is Cc1nn(C)c(C)c1C(O)=C1C(=O)C(=O)N([C@H](C)[C@H]2C[C@H]3CC[C@H]2C3)[C@@H]1c1cnn(C)c1C. The van der Waals surface area contributed by atoms with Crippen molar-refractivity contribution in [1.82, 2.24) is 24.5 Å². The fraction of sp³-hybridized carbons (Fsp3) is 0.600. The van der Waals surface area contributed by atoms with Crippen molar-refractivity contribution in [1.29, 1.82) is 0 Å². The molecule has 0 radical (unpaired) electrons. The van der Waals surface area contributed by atoms with Crippen LogP contribution >= 0.6 is 0 Å². The van der Waals surface area contributed by atoms with E-state index >= 15 is 0 Å². The van der Waals surface area contributed by atoms with Gasteiger partial charge in [-0.2, -0.15) is 10.2 Å². The Labute approximate surface area is 194 Å². The number of carbonyl (C=O) groups is 2. The minimum absolute atomic E-state index is 0.0947. The Morgan fingerprint density at radius 2 is 1.82 bits per heavy atom. The predicted octanol–water partition coefficient (Wildman–Crippen LogP) is 3.33. The number of aliphatic hydroxyl groups excluding tert-OH is 1. The van der Waals surface area contributed by atoms with Gasteiger partial charge in [0, 0.05) is 37.1 Å². The van der Waals surface area contributed by atoms with Crippen LogP contribution in [0.5, 0.6) is 0 Å². The van der Waals surface area contributed by atoms with Crippen LogP contribution in [0.2, 0.25) is 0 Å². The highest BCUT2D eigenvalue weighted by atomic mass is 16.3. The number of ketones is 1. The van der Waals surface area contributed by atoms with Crippen molar-refractivity contribution in [2.75, 3.05) is 0 Å². The van der Waals surface area contributed by atoms with Gasteiger partial charge in [-0.25, -0.2) is 0 Å². The molecule has 0 unspecified atom stereocenters. The molecule has 8 nitrogen and oxygen atoms in total.